The molecular weight excluding hydrogens is 272 g/mol. The Bertz CT molecular complexity index is 491. The molecule has 0 bridgehead atoms. The third-order valence-electron chi connectivity index (χ3n) is 2.72. The Labute approximate surface area is 115 Å². The molecule has 1 aromatic carbocycles. The van der Waals surface area contributed by atoms with E-state index in [-0.39, 0.29) is 28.8 Å². The minimum Gasteiger partial charge on any atom is -0.394 e. The topological polar surface area (TPSA) is 92.5 Å². The van der Waals surface area contributed by atoms with Gasteiger partial charge in [0, 0.05) is 11.6 Å². The van der Waals surface area contributed by atoms with Crippen molar-refractivity contribution in [3.05, 3.63) is 38.9 Å². The van der Waals surface area contributed by atoms with Gasteiger partial charge in [-0.1, -0.05) is 25.4 Å². The summed E-state index contributed by atoms with van der Waals surface area (Å²) in [5.41, 5.74) is -0.186. The van der Waals surface area contributed by atoms with Crippen LogP contribution >= 0.6 is 11.6 Å². The summed E-state index contributed by atoms with van der Waals surface area (Å²) in [6, 6.07) is 3.42. The van der Waals surface area contributed by atoms with Crippen molar-refractivity contribution in [1.29, 1.82) is 0 Å². The number of benzene rings is 1. The zero-order valence-electron chi connectivity index (χ0n) is 10.6. The zero-order valence-corrected chi connectivity index (χ0v) is 11.3. The van der Waals surface area contributed by atoms with Crippen molar-refractivity contribution in [2.45, 2.75) is 19.9 Å². The highest BCUT2D eigenvalue weighted by atomic mass is 35.5. The van der Waals surface area contributed by atoms with Crippen LogP contribution in [0, 0.1) is 16.0 Å². The SMILES string of the molecule is CC(C)[C@@H](CO)NC(=O)c1ccc(Cl)c([N+](=O)[O-])c1. The number of carbonyl (C=O) groups excluding carboxylic acids is 1. The van der Waals surface area contributed by atoms with Gasteiger partial charge in [-0.25, -0.2) is 0 Å². The van der Waals surface area contributed by atoms with Gasteiger partial charge in [0.15, 0.2) is 0 Å². The summed E-state index contributed by atoms with van der Waals surface area (Å²) in [6.07, 6.45) is 0. The molecule has 0 aliphatic carbocycles. The first kappa shape index (κ1) is 15.4. The molecule has 1 rings (SSSR count). The number of nitrogens with one attached hydrogen (secondary N) is 1. The van der Waals surface area contributed by atoms with E-state index in [2.05, 4.69) is 5.32 Å². The van der Waals surface area contributed by atoms with Crippen LogP contribution in [-0.2, 0) is 0 Å². The van der Waals surface area contributed by atoms with Gasteiger partial charge in [-0.2, -0.15) is 0 Å². The summed E-state index contributed by atoms with van der Waals surface area (Å²) in [6.45, 7) is 3.51. The third-order valence-corrected chi connectivity index (χ3v) is 3.04. The number of hydrogen-bond donors (Lipinski definition) is 2. The van der Waals surface area contributed by atoms with Crippen LogP contribution in [0.1, 0.15) is 24.2 Å². The van der Waals surface area contributed by atoms with Crippen molar-refractivity contribution in [1.82, 2.24) is 5.32 Å². The predicted octanol–water partition coefficient (Wildman–Crippen LogP) is 1.99. The number of aliphatic hydroxyl groups excluding tert-OH is 1. The molecule has 0 aromatic heterocycles. The van der Waals surface area contributed by atoms with Crippen LogP contribution in [0.5, 0.6) is 0 Å². The standard InChI is InChI=1S/C12H15ClN2O4/c1-7(2)10(6-16)14-12(17)8-3-4-9(13)11(5-8)15(18)19/h3-5,7,10,16H,6H2,1-2H3,(H,14,17)/t10-/m1/s1. The first-order chi connectivity index (χ1) is 8.86. The number of rotatable bonds is 5. The van der Waals surface area contributed by atoms with E-state index < -0.39 is 16.9 Å². The second kappa shape index (κ2) is 6.49. The molecule has 0 heterocycles. The Balaban J connectivity index is 2.94. The molecule has 1 aromatic rings. The van der Waals surface area contributed by atoms with Crippen LogP contribution in [0.25, 0.3) is 0 Å². The monoisotopic (exact) mass is 286 g/mol. The van der Waals surface area contributed by atoms with E-state index in [1.165, 1.54) is 12.1 Å². The number of hydrogen-bond acceptors (Lipinski definition) is 4. The predicted molar refractivity (Wildman–Crippen MR) is 71.3 cm³/mol. The lowest BCUT2D eigenvalue weighted by molar-refractivity contribution is -0.384. The molecular formula is C12H15ClN2O4. The van der Waals surface area contributed by atoms with E-state index in [9.17, 15) is 14.9 Å². The molecule has 2 N–H and O–H groups in total. The lowest BCUT2D eigenvalue weighted by Crippen LogP contribution is -2.41. The lowest BCUT2D eigenvalue weighted by atomic mass is 10.0. The van der Waals surface area contributed by atoms with Crippen molar-refractivity contribution in [3.8, 4) is 0 Å². The number of halogens is 1. The van der Waals surface area contributed by atoms with Crippen LogP contribution in [0.15, 0.2) is 18.2 Å². The van der Waals surface area contributed by atoms with Gasteiger partial charge in [0.25, 0.3) is 11.6 Å². The molecule has 6 nitrogen and oxygen atoms in total. The molecule has 0 radical (unpaired) electrons. The van der Waals surface area contributed by atoms with Crippen LogP contribution in [0.4, 0.5) is 5.69 Å². The van der Waals surface area contributed by atoms with Crippen LogP contribution < -0.4 is 5.32 Å². The molecule has 0 aliphatic rings. The summed E-state index contributed by atoms with van der Waals surface area (Å²) in [4.78, 5) is 22.0. The summed E-state index contributed by atoms with van der Waals surface area (Å²) in [5, 5.41) is 22.5. The molecule has 0 spiro atoms. The second-order valence-electron chi connectivity index (χ2n) is 4.43. The van der Waals surface area contributed by atoms with E-state index in [0.29, 0.717) is 0 Å². The van der Waals surface area contributed by atoms with Crippen molar-refractivity contribution < 1.29 is 14.8 Å². The first-order valence-electron chi connectivity index (χ1n) is 5.72. The minimum atomic E-state index is -0.648. The molecule has 0 saturated heterocycles. The molecule has 1 amide bonds. The van der Waals surface area contributed by atoms with Gasteiger partial charge in [0.05, 0.1) is 17.6 Å². The summed E-state index contributed by atoms with van der Waals surface area (Å²) < 4.78 is 0. The fraction of sp³-hybridized carbons (Fsp3) is 0.417. The van der Waals surface area contributed by atoms with E-state index in [1.807, 2.05) is 13.8 Å². The van der Waals surface area contributed by atoms with Crippen LogP contribution in [0.3, 0.4) is 0 Å². The molecule has 0 fully saturated rings. The number of amides is 1. The summed E-state index contributed by atoms with van der Waals surface area (Å²) in [5.74, 6) is -0.427. The second-order valence-corrected chi connectivity index (χ2v) is 4.84. The van der Waals surface area contributed by atoms with Crippen LogP contribution in [0.2, 0.25) is 5.02 Å². The molecule has 0 unspecified atom stereocenters. The largest absolute Gasteiger partial charge is 0.394 e. The zero-order chi connectivity index (χ0) is 14.6. The maximum atomic E-state index is 11.9. The number of carbonyl (C=O) groups is 1. The van der Waals surface area contributed by atoms with Crippen molar-refractivity contribution >= 4 is 23.2 Å². The van der Waals surface area contributed by atoms with Gasteiger partial charge in [0.2, 0.25) is 0 Å². The van der Waals surface area contributed by atoms with Gasteiger partial charge in [-0.05, 0) is 18.1 Å². The summed E-state index contributed by atoms with van der Waals surface area (Å²) >= 11 is 5.67. The van der Waals surface area contributed by atoms with Gasteiger partial charge < -0.3 is 10.4 Å². The van der Waals surface area contributed by atoms with Gasteiger partial charge in [-0.15, -0.1) is 0 Å². The van der Waals surface area contributed by atoms with Crippen molar-refractivity contribution in [2.24, 2.45) is 5.92 Å². The fourth-order valence-electron chi connectivity index (χ4n) is 1.47. The smallest absolute Gasteiger partial charge is 0.288 e. The van der Waals surface area contributed by atoms with E-state index in [4.69, 9.17) is 16.7 Å². The Morgan fingerprint density at radius 1 is 1.53 bits per heavy atom. The lowest BCUT2D eigenvalue weighted by Gasteiger charge is -2.19. The number of nitro benzene ring substituents is 1. The number of nitro groups is 1. The summed E-state index contributed by atoms with van der Waals surface area (Å²) in [7, 11) is 0. The van der Waals surface area contributed by atoms with E-state index in [0.717, 1.165) is 6.07 Å². The van der Waals surface area contributed by atoms with E-state index >= 15 is 0 Å². The van der Waals surface area contributed by atoms with Crippen molar-refractivity contribution in [2.75, 3.05) is 6.61 Å². The molecule has 104 valence electrons. The average Bonchev–Trinajstić information content (AvgIpc) is 2.35. The average molecular weight is 287 g/mol. The Hall–Kier alpha value is -1.66. The number of nitrogens with zero attached hydrogens (tertiary/aromatic N) is 1. The highest BCUT2D eigenvalue weighted by Gasteiger charge is 2.19. The van der Waals surface area contributed by atoms with Crippen molar-refractivity contribution in [3.63, 3.8) is 0 Å². The van der Waals surface area contributed by atoms with Gasteiger partial charge in [-0.3, -0.25) is 14.9 Å². The van der Waals surface area contributed by atoms with Gasteiger partial charge >= 0.3 is 0 Å². The van der Waals surface area contributed by atoms with E-state index in [1.54, 1.807) is 0 Å². The molecule has 19 heavy (non-hydrogen) atoms. The van der Waals surface area contributed by atoms with Gasteiger partial charge in [0.1, 0.15) is 5.02 Å². The molecule has 0 saturated carbocycles. The number of aliphatic hydroxyl groups is 1. The molecule has 0 aliphatic heterocycles. The highest BCUT2D eigenvalue weighted by Crippen LogP contribution is 2.25. The Morgan fingerprint density at radius 3 is 2.63 bits per heavy atom. The maximum Gasteiger partial charge on any atom is 0.288 e. The quantitative estimate of drug-likeness (QED) is 0.639. The Morgan fingerprint density at radius 2 is 2.16 bits per heavy atom. The first-order valence-corrected chi connectivity index (χ1v) is 6.10. The minimum absolute atomic E-state index is 0.0240. The highest BCUT2D eigenvalue weighted by molar-refractivity contribution is 6.32. The molecule has 7 heteroatoms. The third kappa shape index (κ3) is 3.90. The maximum absolute atomic E-state index is 11.9. The normalized spacial score (nSPS) is 12.3. The molecule has 1 atom stereocenters. The fourth-order valence-corrected chi connectivity index (χ4v) is 1.66. The Kier molecular flexibility index (Phi) is 5.26. The van der Waals surface area contributed by atoms with Crippen LogP contribution in [-0.4, -0.2) is 28.6 Å².